The van der Waals surface area contributed by atoms with Crippen molar-refractivity contribution in [3.05, 3.63) is 59.5 Å². The van der Waals surface area contributed by atoms with E-state index in [0.29, 0.717) is 24.0 Å². The summed E-state index contributed by atoms with van der Waals surface area (Å²) in [5.74, 6) is 1.47. The van der Waals surface area contributed by atoms with Crippen LogP contribution in [0.5, 0.6) is 5.75 Å². The number of carbonyl (C=O) groups excluding carboxylic acids is 1. The molecule has 0 atom stereocenters. The first-order valence-electron chi connectivity index (χ1n) is 8.48. The smallest absolute Gasteiger partial charge is 0.262 e. The Balaban J connectivity index is 1.57. The van der Waals surface area contributed by atoms with Gasteiger partial charge in [0.05, 0.1) is 0 Å². The molecular formula is C20H21N3O3. The number of benzene rings is 2. The van der Waals surface area contributed by atoms with E-state index in [1.165, 1.54) is 0 Å². The van der Waals surface area contributed by atoms with Crippen molar-refractivity contribution in [2.45, 2.75) is 27.2 Å². The Morgan fingerprint density at radius 3 is 2.58 bits per heavy atom. The third-order valence-electron chi connectivity index (χ3n) is 4.12. The molecule has 0 bridgehead atoms. The van der Waals surface area contributed by atoms with Crippen molar-refractivity contribution in [2.24, 2.45) is 0 Å². The van der Waals surface area contributed by atoms with Gasteiger partial charge in [0.2, 0.25) is 11.8 Å². The maximum absolute atomic E-state index is 12.1. The maximum Gasteiger partial charge on any atom is 0.262 e. The predicted octanol–water partition coefficient (Wildman–Crippen LogP) is 3.93. The molecule has 6 nitrogen and oxygen atoms in total. The second kappa shape index (κ2) is 7.82. The second-order valence-corrected chi connectivity index (χ2v) is 5.96. The van der Waals surface area contributed by atoms with Gasteiger partial charge < -0.3 is 14.5 Å². The summed E-state index contributed by atoms with van der Waals surface area (Å²) in [5.41, 5.74) is 3.80. The zero-order valence-corrected chi connectivity index (χ0v) is 15.1. The lowest BCUT2D eigenvalue weighted by molar-refractivity contribution is -0.118. The van der Waals surface area contributed by atoms with Crippen LogP contribution in [0.4, 0.5) is 5.69 Å². The Kier molecular flexibility index (Phi) is 5.31. The first-order chi connectivity index (χ1) is 12.6. The molecule has 26 heavy (non-hydrogen) atoms. The van der Waals surface area contributed by atoms with Gasteiger partial charge in [-0.1, -0.05) is 19.1 Å². The zero-order chi connectivity index (χ0) is 18.5. The molecule has 0 unspecified atom stereocenters. The SMILES string of the molecule is CCc1nnc(-c2ccc(OCC(=O)Nc3cccc(C)c3C)cc2)o1. The van der Waals surface area contributed by atoms with Gasteiger partial charge in [0.15, 0.2) is 6.61 Å². The van der Waals surface area contributed by atoms with Gasteiger partial charge in [0.1, 0.15) is 5.75 Å². The van der Waals surface area contributed by atoms with Gasteiger partial charge in [-0.3, -0.25) is 4.79 Å². The zero-order valence-electron chi connectivity index (χ0n) is 15.1. The summed E-state index contributed by atoms with van der Waals surface area (Å²) in [7, 11) is 0. The van der Waals surface area contributed by atoms with Crippen LogP contribution in [0.1, 0.15) is 23.9 Å². The molecule has 0 spiro atoms. The highest BCUT2D eigenvalue weighted by Gasteiger charge is 2.09. The predicted molar refractivity (Wildman–Crippen MR) is 99.2 cm³/mol. The van der Waals surface area contributed by atoms with Gasteiger partial charge >= 0.3 is 0 Å². The van der Waals surface area contributed by atoms with E-state index in [1.807, 2.05) is 51.1 Å². The fourth-order valence-corrected chi connectivity index (χ4v) is 2.43. The van der Waals surface area contributed by atoms with Gasteiger partial charge in [0.25, 0.3) is 5.91 Å². The van der Waals surface area contributed by atoms with Crippen LogP contribution < -0.4 is 10.1 Å². The van der Waals surface area contributed by atoms with Crippen LogP contribution in [0.25, 0.3) is 11.5 Å². The Bertz CT molecular complexity index is 901. The van der Waals surface area contributed by atoms with Crippen molar-refractivity contribution in [1.82, 2.24) is 10.2 Å². The fraction of sp³-hybridized carbons (Fsp3) is 0.250. The molecule has 0 fully saturated rings. The number of hydrogen-bond acceptors (Lipinski definition) is 5. The number of nitrogens with zero attached hydrogens (tertiary/aromatic N) is 2. The van der Waals surface area contributed by atoms with Crippen LogP contribution in [0.15, 0.2) is 46.9 Å². The number of aryl methyl sites for hydroxylation is 2. The van der Waals surface area contributed by atoms with E-state index < -0.39 is 0 Å². The molecule has 0 saturated heterocycles. The lowest BCUT2D eigenvalue weighted by Gasteiger charge is -2.11. The topological polar surface area (TPSA) is 77.2 Å². The number of amides is 1. The van der Waals surface area contributed by atoms with E-state index in [9.17, 15) is 4.79 Å². The molecule has 0 radical (unpaired) electrons. The van der Waals surface area contributed by atoms with Crippen molar-refractivity contribution in [1.29, 1.82) is 0 Å². The number of hydrogen-bond donors (Lipinski definition) is 1. The van der Waals surface area contributed by atoms with Crippen LogP contribution in [0.2, 0.25) is 0 Å². The summed E-state index contributed by atoms with van der Waals surface area (Å²) >= 11 is 0. The van der Waals surface area contributed by atoms with E-state index in [-0.39, 0.29) is 12.5 Å². The molecule has 0 aliphatic carbocycles. The number of rotatable bonds is 6. The average Bonchev–Trinajstić information content (AvgIpc) is 3.13. The summed E-state index contributed by atoms with van der Waals surface area (Å²) in [4.78, 5) is 12.1. The standard InChI is InChI=1S/C20H21N3O3/c1-4-19-22-23-20(26-19)15-8-10-16(11-9-15)25-12-18(24)21-17-7-5-6-13(2)14(17)3/h5-11H,4,12H2,1-3H3,(H,21,24). The van der Waals surface area contributed by atoms with Crippen LogP contribution in [0.3, 0.4) is 0 Å². The number of aromatic nitrogens is 2. The van der Waals surface area contributed by atoms with E-state index >= 15 is 0 Å². The Morgan fingerprint density at radius 1 is 1.12 bits per heavy atom. The number of anilines is 1. The molecule has 134 valence electrons. The minimum atomic E-state index is -0.202. The minimum absolute atomic E-state index is 0.0622. The number of nitrogens with one attached hydrogen (secondary N) is 1. The maximum atomic E-state index is 12.1. The monoisotopic (exact) mass is 351 g/mol. The van der Waals surface area contributed by atoms with E-state index in [4.69, 9.17) is 9.15 Å². The fourth-order valence-electron chi connectivity index (χ4n) is 2.43. The van der Waals surface area contributed by atoms with Crippen LogP contribution in [-0.4, -0.2) is 22.7 Å². The third-order valence-corrected chi connectivity index (χ3v) is 4.12. The van der Waals surface area contributed by atoms with Crippen molar-refractivity contribution in [2.75, 3.05) is 11.9 Å². The van der Waals surface area contributed by atoms with Gasteiger partial charge in [-0.15, -0.1) is 10.2 Å². The normalized spacial score (nSPS) is 10.6. The van der Waals surface area contributed by atoms with Gasteiger partial charge in [-0.2, -0.15) is 0 Å². The van der Waals surface area contributed by atoms with Crippen molar-refractivity contribution < 1.29 is 13.9 Å². The largest absolute Gasteiger partial charge is 0.484 e. The molecule has 6 heteroatoms. The van der Waals surface area contributed by atoms with Crippen molar-refractivity contribution in [3.63, 3.8) is 0 Å². The molecule has 3 rings (SSSR count). The summed E-state index contributed by atoms with van der Waals surface area (Å²) in [6, 6.07) is 13.0. The molecule has 1 N–H and O–H groups in total. The Morgan fingerprint density at radius 2 is 1.88 bits per heavy atom. The highest BCUT2D eigenvalue weighted by Crippen LogP contribution is 2.22. The molecular weight excluding hydrogens is 330 g/mol. The van der Waals surface area contributed by atoms with Crippen LogP contribution >= 0.6 is 0 Å². The summed E-state index contributed by atoms with van der Waals surface area (Å²) in [5, 5.41) is 10.8. The highest BCUT2D eigenvalue weighted by atomic mass is 16.5. The lowest BCUT2D eigenvalue weighted by atomic mass is 10.1. The molecule has 1 amide bonds. The van der Waals surface area contributed by atoms with Crippen molar-refractivity contribution >= 4 is 11.6 Å². The molecule has 3 aromatic rings. The Labute approximate surface area is 152 Å². The molecule has 0 aliphatic rings. The van der Waals surface area contributed by atoms with Crippen LogP contribution in [-0.2, 0) is 11.2 Å². The molecule has 1 aromatic heterocycles. The first-order valence-corrected chi connectivity index (χ1v) is 8.48. The quantitative estimate of drug-likeness (QED) is 0.728. The van der Waals surface area contributed by atoms with Gasteiger partial charge in [0, 0.05) is 17.7 Å². The first kappa shape index (κ1) is 17.7. The van der Waals surface area contributed by atoms with E-state index in [2.05, 4.69) is 15.5 Å². The van der Waals surface area contributed by atoms with E-state index in [1.54, 1.807) is 12.1 Å². The second-order valence-electron chi connectivity index (χ2n) is 5.96. The number of ether oxygens (including phenoxy) is 1. The lowest BCUT2D eigenvalue weighted by Crippen LogP contribution is -2.20. The number of carbonyl (C=O) groups is 1. The molecule has 0 aliphatic heterocycles. The van der Waals surface area contributed by atoms with Crippen LogP contribution in [0, 0.1) is 13.8 Å². The summed E-state index contributed by atoms with van der Waals surface area (Å²) in [6.45, 7) is 5.88. The third kappa shape index (κ3) is 4.08. The highest BCUT2D eigenvalue weighted by molar-refractivity contribution is 5.92. The average molecular weight is 351 g/mol. The van der Waals surface area contributed by atoms with Gasteiger partial charge in [-0.25, -0.2) is 0 Å². The summed E-state index contributed by atoms with van der Waals surface area (Å²) < 4.78 is 11.1. The summed E-state index contributed by atoms with van der Waals surface area (Å²) in [6.07, 6.45) is 0.698. The van der Waals surface area contributed by atoms with E-state index in [0.717, 1.165) is 22.4 Å². The molecule has 0 saturated carbocycles. The minimum Gasteiger partial charge on any atom is -0.484 e. The van der Waals surface area contributed by atoms with Crippen molar-refractivity contribution in [3.8, 4) is 17.2 Å². The Hall–Kier alpha value is -3.15. The molecule has 1 heterocycles. The molecule has 2 aromatic carbocycles. The van der Waals surface area contributed by atoms with Gasteiger partial charge in [-0.05, 0) is 55.3 Å².